The maximum absolute atomic E-state index is 4.26. The average Bonchev–Trinajstić information content (AvgIpc) is 3.18. The van der Waals surface area contributed by atoms with E-state index in [1.165, 1.54) is 42.6 Å². The summed E-state index contributed by atoms with van der Waals surface area (Å²) in [7, 11) is 0. The van der Waals surface area contributed by atoms with Crippen molar-refractivity contribution in [3.8, 4) is 11.1 Å². The van der Waals surface area contributed by atoms with Gasteiger partial charge in [-0.1, -0.05) is 24.3 Å². The van der Waals surface area contributed by atoms with Gasteiger partial charge in [-0.05, 0) is 54.6 Å². The second-order valence-electron chi connectivity index (χ2n) is 5.66. The molecular weight excluding hydrogens is 258 g/mol. The van der Waals surface area contributed by atoms with E-state index in [9.17, 15) is 0 Å². The summed E-state index contributed by atoms with van der Waals surface area (Å²) in [5.41, 5.74) is 4.86. The van der Waals surface area contributed by atoms with Crippen molar-refractivity contribution in [2.24, 2.45) is 4.99 Å². The third kappa shape index (κ3) is 2.42. The Bertz CT molecular complexity index is 719. The Morgan fingerprint density at radius 3 is 2.67 bits per heavy atom. The molecule has 2 aliphatic rings. The van der Waals surface area contributed by atoms with Crippen LogP contribution in [0.2, 0.25) is 0 Å². The Morgan fingerprint density at radius 1 is 1.05 bits per heavy atom. The van der Waals surface area contributed by atoms with Crippen LogP contribution in [0.25, 0.3) is 17.2 Å². The summed E-state index contributed by atoms with van der Waals surface area (Å²) in [6.07, 6.45) is 6.41. The lowest BCUT2D eigenvalue weighted by atomic mass is 10.00. The van der Waals surface area contributed by atoms with Gasteiger partial charge in [-0.25, -0.2) is 4.98 Å². The molecule has 3 nitrogen and oxygen atoms in total. The van der Waals surface area contributed by atoms with Crippen LogP contribution in [0.15, 0.2) is 41.5 Å². The minimum absolute atomic E-state index is 0.772. The van der Waals surface area contributed by atoms with Gasteiger partial charge in [0.2, 0.25) is 0 Å². The first-order valence-corrected chi connectivity index (χ1v) is 7.50. The summed E-state index contributed by atoms with van der Waals surface area (Å²) >= 11 is 0. The molecule has 0 radical (unpaired) electrons. The number of fused-ring (bicyclic) bond motifs is 1. The molecule has 0 N–H and O–H groups in total. The summed E-state index contributed by atoms with van der Waals surface area (Å²) < 4.78 is 0. The van der Waals surface area contributed by atoms with Crippen LogP contribution < -0.4 is 0 Å². The van der Waals surface area contributed by atoms with E-state index in [-0.39, 0.29) is 0 Å². The van der Waals surface area contributed by atoms with Gasteiger partial charge in [-0.3, -0.25) is 4.90 Å². The molecule has 0 unspecified atom stereocenters. The molecule has 0 saturated carbocycles. The van der Waals surface area contributed by atoms with Crippen LogP contribution in [0.1, 0.15) is 24.0 Å². The molecule has 0 atom stereocenters. The first kappa shape index (κ1) is 12.5. The van der Waals surface area contributed by atoms with E-state index in [0.717, 1.165) is 17.9 Å². The lowest BCUT2D eigenvalue weighted by Gasteiger charge is -2.15. The van der Waals surface area contributed by atoms with Crippen LogP contribution in [-0.4, -0.2) is 28.8 Å². The first-order valence-electron chi connectivity index (χ1n) is 7.50. The van der Waals surface area contributed by atoms with Gasteiger partial charge in [-0.2, -0.15) is 4.99 Å². The van der Waals surface area contributed by atoms with Gasteiger partial charge in [0.15, 0.2) is 5.82 Å². The van der Waals surface area contributed by atoms with E-state index in [1.807, 2.05) is 18.3 Å². The van der Waals surface area contributed by atoms with E-state index < -0.39 is 0 Å². The highest BCUT2D eigenvalue weighted by molar-refractivity contribution is 5.94. The molecule has 1 aromatic carbocycles. The molecule has 2 aromatic rings. The Labute approximate surface area is 124 Å². The predicted molar refractivity (Wildman–Crippen MR) is 85.7 cm³/mol. The zero-order chi connectivity index (χ0) is 14.1. The molecule has 21 heavy (non-hydrogen) atoms. The zero-order valence-corrected chi connectivity index (χ0v) is 11.9. The fraction of sp³-hybridized carbons (Fsp3) is 0.278. The Balaban J connectivity index is 1.59. The van der Waals surface area contributed by atoms with Crippen molar-refractivity contribution in [2.45, 2.75) is 19.4 Å². The summed E-state index contributed by atoms with van der Waals surface area (Å²) in [5, 5.41) is 0. The Morgan fingerprint density at radius 2 is 1.86 bits per heavy atom. The van der Waals surface area contributed by atoms with E-state index in [0.29, 0.717) is 0 Å². The van der Waals surface area contributed by atoms with Gasteiger partial charge >= 0.3 is 0 Å². The summed E-state index contributed by atoms with van der Waals surface area (Å²) in [6.45, 7) is 3.54. The normalized spacial score (nSPS) is 16.6. The van der Waals surface area contributed by atoms with Crippen molar-refractivity contribution in [1.82, 2.24) is 9.88 Å². The highest BCUT2D eigenvalue weighted by Crippen LogP contribution is 2.32. The van der Waals surface area contributed by atoms with Crippen LogP contribution in [0, 0.1) is 0 Å². The third-order valence-corrected chi connectivity index (χ3v) is 4.22. The van der Waals surface area contributed by atoms with Gasteiger partial charge in [0.05, 0.1) is 0 Å². The van der Waals surface area contributed by atoms with Gasteiger partial charge < -0.3 is 0 Å². The standard InChI is InChI=1S/C18H17N3/c1-2-12-21(11-1)13-14-3-5-15(6-4-14)16-7-9-19-18-17(16)8-10-20-18/h3-9H,1-2,11-13H2. The lowest BCUT2D eigenvalue weighted by Crippen LogP contribution is -2.18. The molecule has 0 amide bonds. The molecule has 0 bridgehead atoms. The molecule has 2 aliphatic heterocycles. The minimum Gasteiger partial charge on any atom is -0.299 e. The average molecular weight is 275 g/mol. The quantitative estimate of drug-likeness (QED) is 0.729. The molecule has 1 aromatic heterocycles. The van der Waals surface area contributed by atoms with Crippen molar-refractivity contribution in [3.05, 3.63) is 47.7 Å². The Kier molecular flexibility index (Phi) is 3.15. The van der Waals surface area contributed by atoms with E-state index in [1.54, 1.807) is 0 Å². The number of likely N-dealkylation sites (tertiary alicyclic amines) is 1. The number of aliphatic imine (C=N–C) groups is 1. The van der Waals surface area contributed by atoms with Crippen LogP contribution in [-0.2, 0) is 6.54 Å². The van der Waals surface area contributed by atoms with Crippen molar-refractivity contribution in [3.63, 3.8) is 0 Å². The van der Waals surface area contributed by atoms with E-state index in [4.69, 9.17) is 0 Å². The third-order valence-electron chi connectivity index (χ3n) is 4.22. The summed E-state index contributed by atoms with van der Waals surface area (Å²) in [5.74, 6) is 3.66. The number of hydrogen-bond acceptors (Lipinski definition) is 3. The number of benzene rings is 1. The van der Waals surface area contributed by atoms with Crippen molar-refractivity contribution >= 4 is 17.8 Å². The van der Waals surface area contributed by atoms with E-state index in [2.05, 4.69) is 45.0 Å². The molecular formula is C18H17N3. The zero-order valence-electron chi connectivity index (χ0n) is 11.9. The molecule has 3 heteroatoms. The van der Waals surface area contributed by atoms with Crippen molar-refractivity contribution in [1.29, 1.82) is 0 Å². The summed E-state index contributed by atoms with van der Waals surface area (Å²) in [4.78, 5) is 10.9. The monoisotopic (exact) mass is 275 g/mol. The highest BCUT2D eigenvalue weighted by Gasteiger charge is 2.13. The number of rotatable bonds is 3. The first-order chi connectivity index (χ1) is 10.4. The van der Waals surface area contributed by atoms with Gasteiger partial charge in [0.25, 0.3) is 0 Å². The van der Waals surface area contributed by atoms with Gasteiger partial charge in [-0.15, -0.1) is 0 Å². The molecule has 1 saturated heterocycles. The Hall–Kier alpha value is -2.22. The highest BCUT2D eigenvalue weighted by atomic mass is 15.1. The van der Waals surface area contributed by atoms with Gasteiger partial charge in [0, 0.05) is 24.4 Å². The molecule has 0 aliphatic carbocycles. The van der Waals surface area contributed by atoms with E-state index >= 15 is 0 Å². The second-order valence-corrected chi connectivity index (χ2v) is 5.66. The van der Waals surface area contributed by atoms with Crippen LogP contribution in [0.3, 0.4) is 0 Å². The number of aromatic nitrogens is 1. The van der Waals surface area contributed by atoms with Crippen LogP contribution >= 0.6 is 0 Å². The second kappa shape index (κ2) is 5.28. The SMILES string of the molecule is C1=Cc2c(-c3ccc(CN4CCCC4)cc3)ccnc2N=1. The molecule has 104 valence electrons. The summed E-state index contributed by atoms with van der Waals surface area (Å²) in [6, 6.07) is 10.9. The minimum atomic E-state index is 0.772. The maximum Gasteiger partial charge on any atom is 0.170 e. The maximum atomic E-state index is 4.26. The lowest BCUT2D eigenvalue weighted by molar-refractivity contribution is 0.331. The van der Waals surface area contributed by atoms with Crippen LogP contribution in [0.5, 0.6) is 0 Å². The number of nitrogens with zero attached hydrogens (tertiary/aromatic N) is 3. The number of pyridine rings is 1. The fourth-order valence-electron chi connectivity index (χ4n) is 3.09. The van der Waals surface area contributed by atoms with Gasteiger partial charge in [0.1, 0.15) is 0 Å². The molecule has 1 fully saturated rings. The molecule has 3 heterocycles. The molecule has 4 rings (SSSR count). The fourth-order valence-corrected chi connectivity index (χ4v) is 3.09. The molecule has 0 spiro atoms. The van der Waals surface area contributed by atoms with Crippen molar-refractivity contribution < 1.29 is 0 Å². The predicted octanol–water partition coefficient (Wildman–Crippen LogP) is 3.67. The number of hydrogen-bond donors (Lipinski definition) is 0. The van der Waals surface area contributed by atoms with Crippen molar-refractivity contribution in [2.75, 3.05) is 13.1 Å². The topological polar surface area (TPSA) is 28.5 Å². The smallest absolute Gasteiger partial charge is 0.170 e. The largest absolute Gasteiger partial charge is 0.299 e. The van der Waals surface area contributed by atoms with Crippen LogP contribution in [0.4, 0.5) is 5.82 Å².